The summed E-state index contributed by atoms with van der Waals surface area (Å²) in [7, 11) is 1.78. The number of aromatic hydroxyl groups is 1. The van der Waals surface area contributed by atoms with Crippen molar-refractivity contribution in [2.75, 3.05) is 13.6 Å². The second kappa shape index (κ2) is 7.14. The molecular formula is C15H24N2O2. The van der Waals surface area contributed by atoms with Gasteiger partial charge < -0.3 is 15.7 Å². The SMILES string of the molecule is CC(CCCN)C(=O)N(C)C(C)c1ccccc1O. The number of benzene rings is 1. The molecule has 19 heavy (non-hydrogen) atoms. The average molecular weight is 264 g/mol. The van der Waals surface area contributed by atoms with Gasteiger partial charge in [-0.25, -0.2) is 0 Å². The van der Waals surface area contributed by atoms with Gasteiger partial charge in [0.05, 0.1) is 6.04 Å². The summed E-state index contributed by atoms with van der Waals surface area (Å²) in [6.07, 6.45) is 1.65. The van der Waals surface area contributed by atoms with Crippen molar-refractivity contribution in [2.45, 2.75) is 32.7 Å². The van der Waals surface area contributed by atoms with Crippen LogP contribution >= 0.6 is 0 Å². The molecule has 106 valence electrons. The lowest BCUT2D eigenvalue weighted by atomic mass is 10.0. The lowest BCUT2D eigenvalue weighted by Gasteiger charge is -2.28. The highest BCUT2D eigenvalue weighted by Gasteiger charge is 2.23. The van der Waals surface area contributed by atoms with Gasteiger partial charge in [-0.2, -0.15) is 0 Å². The van der Waals surface area contributed by atoms with Crippen LogP contribution in [-0.4, -0.2) is 29.5 Å². The Morgan fingerprint density at radius 3 is 2.58 bits per heavy atom. The molecule has 0 saturated heterocycles. The molecule has 0 spiro atoms. The molecule has 1 amide bonds. The number of hydrogen-bond donors (Lipinski definition) is 2. The Morgan fingerprint density at radius 2 is 2.00 bits per heavy atom. The molecule has 0 heterocycles. The van der Waals surface area contributed by atoms with Gasteiger partial charge in [0, 0.05) is 18.5 Å². The summed E-state index contributed by atoms with van der Waals surface area (Å²) in [5.74, 6) is 0.273. The first-order chi connectivity index (χ1) is 8.99. The molecule has 0 saturated carbocycles. The molecule has 1 aromatic carbocycles. The van der Waals surface area contributed by atoms with Crippen molar-refractivity contribution < 1.29 is 9.90 Å². The Labute approximate surface area is 115 Å². The summed E-state index contributed by atoms with van der Waals surface area (Å²) >= 11 is 0. The predicted molar refractivity (Wildman–Crippen MR) is 76.7 cm³/mol. The largest absolute Gasteiger partial charge is 0.508 e. The molecule has 4 nitrogen and oxygen atoms in total. The molecule has 0 aliphatic rings. The molecule has 0 aliphatic carbocycles. The Bertz CT molecular complexity index is 420. The van der Waals surface area contributed by atoms with Gasteiger partial charge in [-0.3, -0.25) is 4.79 Å². The van der Waals surface area contributed by atoms with E-state index in [0.717, 1.165) is 18.4 Å². The second-order valence-corrected chi connectivity index (χ2v) is 5.02. The van der Waals surface area contributed by atoms with E-state index in [9.17, 15) is 9.90 Å². The fraction of sp³-hybridized carbons (Fsp3) is 0.533. The molecule has 2 unspecified atom stereocenters. The number of carbonyl (C=O) groups is 1. The first-order valence-corrected chi connectivity index (χ1v) is 6.73. The maximum atomic E-state index is 12.3. The van der Waals surface area contributed by atoms with Crippen LogP contribution in [0, 0.1) is 5.92 Å². The lowest BCUT2D eigenvalue weighted by Crippen LogP contribution is -2.34. The number of hydrogen-bond acceptors (Lipinski definition) is 3. The number of para-hydroxylation sites is 1. The van der Waals surface area contributed by atoms with E-state index < -0.39 is 0 Å². The van der Waals surface area contributed by atoms with Crippen LogP contribution in [-0.2, 0) is 4.79 Å². The van der Waals surface area contributed by atoms with Crippen LogP contribution in [0.15, 0.2) is 24.3 Å². The highest BCUT2D eigenvalue weighted by atomic mass is 16.3. The molecule has 1 rings (SSSR count). The number of nitrogens with zero attached hydrogens (tertiary/aromatic N) is 1. The van der Waals surface area contributed by atoms with Crippen molar-refractivity contribution in [3.63, 3.8) is 0 Å². The molecule has 1 aromatic rings. The Kier molecular flexibility index (Phi) is 5.83. The van der Waals surface area contributed by atoms with E-state index in [1.807, 2.05) is 26.0 Å². The maximum absolute atomic E-state index is 12.3. The molecule has 0 aliphatic heterocycles. The van der Waals surface area contributed by atoms with Gasteiger partial charge in [0.1, 0.15) is 5.75 Å². The van der Waals surface area contributed by atoms with Crippen molar-refractivity contribution in [1.82, 2.24) is 4.90 Å². The van der Waals surface area contributed by atoms with E-state index in [4.69, 9.17) is 5.73 Å². The van der Waals surface area contributed by atoms with Crippen LogP contribution in [0.2, 0.25) is 0 Å². The molecule has 2 atom stereocenters. The standard InChI is InChI=1S/C15H24N2O2/c1-11(7-6-10-16)15(19)17(3)12(2)13-8-4-5-9-14(13)18/h4-5,8-9,11-12,18H,6-7,10,16H2,1-3H3. The van der Waals surface area contributed by atoms with Crippen LogP contribution < -0.4 is 5.73 Å². The third-order valence-corrected chi connectivity index (χ3v) is 3.58. The lowest BCUT2D eigenvalue weighted by molar-refractivity contribution is -0.135. The normalized spacial score (nSPS) is 13.9. The van der Waals surface area contributed by atoms with E-state index in [2.05, 4.69) is 0 Å². The van der Waals surface area contributed by atoms with Crippen LogP contribution in [0.5, 0.6) is 5.75 Å². The molecule has 0 bridgehead atoms. The van der Waals surface area contributed by atoms with Gasteiger partial charge in [0.15, 0.2) is 0 Å². The van der Waals surface area contributed by atoms with E-state index in [0.29, 0.717) is 6.54 Å². The highest BCUT2D eigenvalue weighted by molar-refractivity contribution is 5.78. The van der Waals surface area contributed by atoms with Crippen molar-refractivity contribution in [2.24, 2.45) is 11.7 Å². The predicted octanol–water partition coefficient (Wildman–Crippen LogP) is 2.29. The summed E-state index contributed by atoms with van der Waals surface area (Å²) in [6.45, 7) is 4.45. The highest BCUT2D eigenvalue weighted by Crippen LogP contribution is 2.28. The minimum Gasteiger partial charge on any atom is -0.508 e. The third-order valence-electron chi connectivity index (χ3n) is 3.58. The zero-order valence-corrected chi connectivity index (χ0v) is 12.0. The van der Waals surface area contributed by atoms with E-state index in [-0.39, 0.29) is 23.6 Å². The fourth-order valence-corrected chi connectivity index (χ4v) is 2.14. The summed E-state index contributed by atoms with van der Waals surface area (Å²) in [5.41, 5.74) is 6.23. The Morgan fingerprint density at radius 1 is 1.37 bits per heavy atom. The van der Waals surface area contributed by atoms with Crippen LogP contribution in [0.1, 0.15) is 38.3 Å². The summed E-state index contributed by atoms with van der Waals surface area (Å²) in [4.78, 5) is 14.0. The third kappa shape index (κ3) is 3.96. The van der Waals surface area contributed by atoms with Gasteiger partial charge in [0.2, 0.25) is 5.91 Å². The van der Waals surface area contributed by atoms with Crippen molar-refractivity contribution in [1.29, 1.82) is 0 Å². The van der Waals surface area contributed by atoms with Crippen molar-refractivity contribution in [3.05, 3.63) is 29.8 Å². The van der Waals surface area contributed by atoms with Gasteiger partial charge in [-0.15, -0.1) is 0 Å². The van der Waals surface area contributed by atoms with E-state index >= 15 is 0 Å². The fourth-order valence-electron chi connectivity index (χ4n) is 2.14. The molecular weight excluding hydrogens is 240 g/mol. The van der Waals surface area contributed by atoms with Crippen LogP contribution in [0.25, 0.3) is 0 Å². The first kappa shape index (κ1) is 15.5. The van der Waals surface area contributed by atoms with Crippen LogP contribution in [0.3, 0.4) is 0 Å². The van der Waals surface area contributed by atoms with Crippen LogP contribution in [0.4, 0.5) is 0 Å². The zero-order valence-electron chi connectivity index (χ0n) is 12.0. The summed E-state index contributed by atoms with van der Waals surface area (Å²) in [6, 6.07) is 6.98. The van der Waals surface area contributed by atoms with Gasteiger partial charge in [0.25, 0.3) is 0 Å². The van der Waals surface area contributed by atoms with Crippen molar-refractivity contribution in [3.8, 4) is 5.75 Å². The number of amides is 1. The average Bonchev–Trinajstić information content (AvgIpc) is 2.42. The molecule has 3 N–H and O–H groups in total. The zero-order chi connectivity index (χ0) is 14.4. The smallest absolute Gasteiger partial charge is 0.225 e. The monoisotopic (exact) mass is 264 g/mol. The molecule has 0 aromatic heterocycles. The topological polar surface area (TPSA) is 66.6 Å². The maximum Gasteiger partial charge on any atom is 0.225 e. The minimum atomic E-state index is -0.144. The Balaban J connectivity index is 2.74. The summed E-state index contributed by atoms with van der Waals surface area (Å²) < 4.78 is 0. The molecule has 4 heteroatoms. The van der Waals surface area contributed by atoms with E-state index in [1.54, 1.807) is 24.1 Å². The first-order valence-electron chi connectivity index (χ1n) is 6.73. The number of phenolic OH excluding ortho intramolecular Hbond substituents is 1. The molecule has 0 radical (unpaired) electrons. The minimum absolute atomic E-state index is 0.0399. The quantitative estimate of drug-likeness (QED) is 0.828. The van der Waals surface area contributed by atoms with Gasteiger partial charge >= 0.3 is 0 Å². The number of rotatable bonds is 6. The van der Waals surface area contributed by atoms with Gasteiger partial charge in [-0.05, 0) is 32.4 Å². The number of carbonyl (C=O) groups excluding carboxylic acids is 1. The van der Waals surface area contributed by atoms with Crippen molar-refractivity contribution >= 4 is 5.91 Å². The number of phenols is 1. The molecule has 0 fully saturated rings. The second-order valence-electron chi connectivity index (χ2n) is 5.02. The summed E-state index contributed by atoms with van der Waals surface area (Å²) in [5, 5.41) is 9.84. The number of nitrogens with two attached hydrogens (primary N) is 1. The van der Waals surface area contributed by atoms with E-state index in [1.165, 1.54) is 0 Å². The Hall–Kier alpha value is -1.55. The van der Waals surface area contributed by atoms with Gasteiger partial charge in [-0.1, -0.05) is 25.1 Å².